The highest BCUT2D eigenvalue weighted by molar-refractivity contribution is 6.31. The summed E-state index contributed by atoms with van der Waals surface area (Å²) in [5.41, 5.74) is 1.56. The number of pyridine rings is 1. The van der Waals surface area contributed by atoms with Crippen molar-refractivity contribution in [3.63, 3.8) is 0 Å². The van der Waals surface area contributed by atoms with Crippen LogP contribution in [0.2, 0.25) is 5.02 Å². The fourth-order valence-corrected chi connectivity index (χ4v) is 2.94. The van der Waals surface area contributed by atoms with Gasteiger partial charge in [0.1, 0.15) is 12.4 Å². The third kappa shape index (κ3) is 3.10. The summed E-state index contributed by atoms with van der Waals surface area (Å²) in [4.78, 5) is 22.7. The summed E-state index contributed by atoms with van der Waals surface area (Å²) in [6.45, 7) is 6.78. The van der Waals surface area contributed by atoms with Gasteiger partial charge in [0.15, 0.2) is 11.5 Å². The van der Waals surface area contributed by atoms with Gasteiger partial charge in [0.2, 0.25) is 5.65 Å². The number of nitrogens with zero attached hydrogens (tertiary/aromatic N) is 6. The van der Waals surface area contributed by atoms with E-state index < -0.39 is 6.09 Å². The average molecular weight is 376 g/mol. The van der Waals surface area contributed by atoms with Crippen molar-refractivity contribution >= 4 is 40.3 Å². The maximum Gasteiger partial charge on any atom is 0.407 e. The van der Waals surface area contributed by atoms with E-state index in [1.54, 1.807) is 23.0 Å². The number of hydrogen-bond acceptors (Lipinski definition) is 7. The van der Waals surface area contributed by atoms with Crippen LogP contribution < -0.4 is 10.2 Å². The highest BCUT2D eigenvalue weighted by atomic mass is 35.5. The van der Waals surface area contributed by atoms with Crippen LogP contribution in [0, 0.1) is 0 Å². The number of amides is 1. The lowest BCUT2D eigenvalue weighted by Gasteiger charge is -2.39. The normalized spacial score (nSPS) is 15.3. The molecule has 3 aromatic rings. The molecule has 1 amide bonds. The third-order valence-corrected chi connectivity index (χ3v) is 4.14. The molecule has 1 aliphatic heterocycles. The summed E-state index contributed by atoms with van der Waals surface area (Å²) in [5, 5.41) is 11.4. The van der Waals surface area contributed by atoms with Crippen LogP contribution in [-0.4, -0.2) is 55.4 Å². The van der Waals surface area contributed by atoms with Crippen molar-refractivity contribution in [1.82, 2.24) is 29.9 Å². The number of alkyl carbamates (subject to hydrolysis) is 1. The van der Waals surface area contributed by atoms with Crippen molar-refractivity contribution in [2.75, 3.05) is 18.0 Å². The maximum atomic E-state index is 11.9. The number of hydrogen-bond donors (Lipinski definition) is 1. The lowest BCUT2D eigenvalue weighted by Crippen LogP contribution is -2.55. The molecule has 4 rings (SSSR count). The largest absolute Gasteiger partial charge is 0.442 e. The average Bonchev–Trinajstić information content (AvgIpc) is 2.98. The van der Waals surface area contributed by atoms with E-state index in [0.717, 1.165) is 5.52 Å². The zero-order chi connectivity index (χ0) is 18.5. The van der Waals surface area contributed by atoms with E-state index in [1.807, 2.05) is 25.7 Å². The molecule has 1 N–H and O–H groups in total. The summed E-state index contributed by atoms with van der Waals surface area (Å²) >= 11 is 6.03. The lowest BCUT2D eigenvalue weighted by atomic mass is 10.1. The Morgan fingerprint density at radius 1 is 1.38 bits per heavy atom. The summed E-state index contributed by atoms with van der Waals surface area (Å²) in [6.07, 6.45) is 2.54. The molecule has 1 saturated heterocycles. The van der Waals surface area contributed by atoms with Gasteiger partial charge in [-0.15, -0.1) is 10.2 Å². The van der Waals surface area contributed by atoms with Crippen molar-refractivity contribution in [2.24, 2.45) is 0 Å². The van der Waals surface area contributed by atoms with E-state index >= 15 is 0 Å². The molecule has 0 bridgehead atoms. The first-order valence-corrected chi connectivity index (χ1v) is 8.57. The van der Waals surface area contributed by atoms with E-state index in [0.29, 0.717) is 35.2 Å². The molecule has 1 fully saturated rings. The summed E-state index contributed by atoms with van der Waals surface area (Å²) in [5.74, 6) is 0.654. The van der Waals surface area contributed by atoms with Crippen LogP contribution in [0.5, 0.6) is 0 Å². The SMILES string of the molecule is CC(C)(C)NC(=O)OC1CN(c2nc3ncc(Cl)cc3n3cnnc23)C1. The van der Waals surface area contributed by atoms with E-state index in [1.165, 1.54) is 0 Å². The number of aromatic nitrogens is 5. The highest BCUT2D eigenvalue weighted by Gasteiger charge is 2.34. The number of fused-ring (bicyclic) bond motifs is 3. The van der Waals surface area contributed by atoms with Crippen LogP contribution in [-0.2, 0) is 4.74 Å². The summed E-state index contributed by atoms with van der Waals surface area (Å²) in [7, 11) is 0. The van der Waals surface area contributed by atoms with Crippen LogP contribution in [0.1, 0.15) is 20.8 Å². The number of carbonyl (C=O) groups is 1. The Kier molecular flexibility index (Phi) is 3.83. The Bertz CT molecular complexity index is 991. The number of nitrogens with one attached hydrogen (secondary N) is 1. The molecule has 0 atom stereocenters. The number of rotatable bonds is 2. The second-order valence-electron chi connectivity index (χ2n) is 7.26. The van der Waals surface area contributed by atoms with E-state index in [9.17, 15) is 4.79 Å². The second kappa shape index (κ2) is 5.94. The van der Waals surface area contributed by atoms with Crippen molar-refractivity contribution in [2.45, 2.75) is 32.4 Å². The van der Waals surface area contributed by atoms with Crippen LogP contribution >= 0.6 is 11.6 Å². The van der Waals surface area contributed by atoms with Gasteiger partial charge >= 0.3 is 6.09 Å². The Hall–Kier alpha value is -2.68. The Morgan fingerprint density at radius 3 is 2.88 bits per heavy atom. The molecule has 3 aromatic heterocycles. The van der Waals surface area contributed by atoms with Gasteiger partial charge in [-0.1, -0.05) is 11.6 Å². The quantitative estimate of drug-likeness (QED) is 0.731. The maximum absolute atomic E-state index is 11.9. The molecule has 0 spiro atoms. The molecule has 0 unspecified atom stereocenters. The molecule has 0 aromatic carbocycles. The topological polar surface area (TPSA) is 97.5 Å². The van der Waals surface area contributed by atoms with Crippen molar-refractivity contribution in [1.29, 1.82) is 0 Å². The molecule has 4 heterocycles. The van der Waals surface area contributed by atoms with Gasteiger partial charge in [0, 0.05) is 11.7 Å². The number of halogens is 1. The van der Waals surface area contributed by atoms with E-state index in [4.69, 9.17) is 16.3 Å². The smallest absolute Gasteiger partial charge is 0.407 e. The fourth-order valence-electron chi connectivity index (χ4n) is 2.78. The summed E-state index contributed by atoms with van der Waals surface area (Å²) in [6, 6.07) is 1.77. The van der Waals surface area contributed by atoms with Crippen LogP contribution in [0.25, 0.3) is 16.8 Å². The van der Waals surface area contributed by atoms with Crippen LogP contribution in [0.4, 0.5) is 10.6 Å². The highest BCUT2D eigenvalue weighted by Crippen LogP contribution is 2.27. The molecule has 136 valence electrons. The van der Waals surface area contributed by atoms with Gasteiger partial charge in [0.05, 0.1) is 23.6 Å². The minimum Gasteiger partial charge on any atom is -0.442 e. The molecule has 10 heteroatoms. The van der Waals surface area contributed by atoms with Crippen molar-refractivity contribution in [3.8, 4) is 0 Å². The first kappa shape index (κ1) is 16.8. The molecular formula is C16H18ClN7O2. The van der Waals surface area contributed by atoms with Crippen molar-refractivity contribution in [3.05, 3.63) is 23.6 Å². The van der Waals surface area contributed by atoms with Gasteiger partial charge in [-0.25, -0.2) is 14.8 Å². The predicted molar refractivity (Wildman–Crippen MR) is 96.5 cm³/mol. The molecule has 0 radical (unpaired) electrons. The Balaban J connectivity index is 1.54. The number of ether oxygens (including phenoxy) is 1. The Labute approximate surface area is 154 Å². The fraction of sp³-hybridized carbons (Fsp3) is 0.438. The van der Waals surface area contributed by atoms with Gasteiger partial charge in [-0.2, -0.15) is 0 Å². The minimum absolute atomic E-state index is 0.198. The standard InChI is InChI=1S/C16H18ClN7O2/c1-16(2,3)21-15(25)26-10-6-23(7-10)13-14-22-19-8-24(14)11-4-9(17)5-18-12(11)20-13/h4-5,8,10H,6-7H2,1-3H3,(H,21,25). The van der Waals surface area contributed by atoms with Gasteiger partial charge < -0.3 is 15.0 Å². The second-order valence-corrected chi connectivity index (χ2v) is 7.70. The molecular weight excluding hydrogens is 358 g/mol. The van der Waals surface area contributed by atoms with Crippen molar-refractivity contribution < 1.29 is 9.53 Å². The number of anilines is 1. The minimum atomic E-state index is -0.419. The first-order chi connectivity index (χ1) is 12.3. The zero-order valence-electron chi connectivity index (χ0n) is 14.6. The van der Waals surface area contributed by atoms with Crippen LogP contribution in [0.15, 0.2) is 18.6 Å². The molecule has 26 heavy (non-hydrogen) atoms. The van der Waals surface area contributed by atoms with E-state index in [2.05, 4.69) is 25.5 Å². The Morgan fingerprint density at radius 2 is 2.15 bits per heavy atom. The summed E-state index contributed by atoms with van der Waals surface area (Å²) < 4.78 is 7.22. The predicted octanol–water partition coefficient (Wildman–Crippen LogP) is 2.04. The van der Waals surface area contributed by atoms with Gasteiger partial charge in [0.25, 0.3) is 0 Å². The molecule has 0 saturated carbocycles. The molecule has 0 aliphatic carbocycles. The van der Waals surface area contributed by atoms with Gasteiger partial charge in [-0.05, 0) is 26.8 Å². The first-order valence-electron chi connectivity index (χ1n) is 8.19. The number of carbonyl (C=O) groups excluding carboxylic acids is 1. The van der Waals surface area contributed by atoms with Crippen LogP contribution in [0.3, 0.4) is 0 Å². The monoisotopic (exact) mass is 375 g/mol. The molecule has 9 nitrogen and oxygen atoms in total. The zero-order valence-corrected chi connectivity index (χ0v) is 15.4. The lowest BCUT2D eigenvalue weighted by molar-refractivity contribution is 0.0754. The van der Waals surface area contributed by atoms with E-state index in [-0.39, 0.29) is 11.6 Å². The van der Waals surface area contributed by atoms with Gasteiger partial charge in [-0.3, -0.25) is 4.40 Å². The third-order valence-electron chi connectivity index (χ3n) is 3.93. The molecule has 1 aliphatic rings.